The van der Waals surface area contributed by atoms with E-state index in [4.69, 9.17) is 4.74 Å². The van der Waals surface area contributed by atoms with Crippen molar-refractivity contribution in [1.29, 1.82) is 0 Å². The molecule has 5 heteroatoms. The van der Waals surface area contributed by atoms with Crippen LogP contribution in [0.2, 0.25) is 0 Å². The maximum absolute atomic E-state index is 10.9. The highest BCUT2D eigenvalue weighted by atomic mass is 16.6. The van der Waals surface area contributed by atoms with Crippen molar-refractivity contribution in [2.75, 3.05) is 13.2 Å². The third-order valence-electron chi connectivity index (χ3n) is 0.981. The molecule has 0 aliphatic carbocycles. The van der Waals surface area contributed by atoms with Gasteiger partial charge in [0.15, 0.2) is 6.61 Å². The van der Waals surface area contributed by atoms with Gasteiger partial charge in [-0.1, -0.05) is 0 Å². The molecule has 5 nitrogen and oxygen atoms in total. The molecule has 0 rings (SSSR count). The predicted molar refractivity (Wildman–Crippen MR) is 44.4 cm³/mol. The summed E-state index contributed by atoms with van der Waals surface area (Å²) < 4.78 is 4.88. The van der Waals surface area contributed by atoms with Crippen LogP contribution >= 0.6 is 0 Å². The fraction of sp³-hybridized carbons (Fsp3) is 0.750. The number of amides is 1. The summed E-state index contributed by atoms with van der Waals surface area (Å²) in [7, 11) is 0. The van der Waals surface area contributed by atoms with Crippen molar-refractivity contribution in [1.82, 2.24) is 5.32 Å². The molecule has 75 valence electrons. The molecule has 0 atom stereocenters. The summed E-state index contributed by atoms with van der Waals surface area (Å²) in [6.45, 7) is 4.04. The van der Waals surface area contributed by atoms with Crippen LogP contribution in [0.4, 0.5) is 0 Å². The maximum atomic E-state index is 10.9. The van der Waals surface area contributed by atoms with E-state index < -0.39 is 24.1 Å². The number of rotatable bonds is 3. The number of hydrogen-bond donors (Lipinski definition) is 1. The van der Waals surface area contributed by atoms with Crippen LogP contribution in [0.25, 0.3) is 0 Å². The number of carbonyl (C=O) groups is 2. The molecule has 0 saturated heterocycles. The predicted octanol–water partition coefficient (Wildman–Crippen LogP) is -0.125. The molecular formula is C8H14NO4. The highest BCUT2D eigenvalue weighted by Crippen LogP contribution is 2.05. The standard InChI is InChI=1S/C8H14NO4/c1-8(2,3)13-7(12)4-9-6(11)5-10/h4-5H2,1-3H3,(H,9,11). The summed E-state index contributed by atoms with van der Waals surface area (Å²) in [5.74, 6) is -1.25. The van der Waals surface area contributed by atoms with Gasteiger partial charge < -0.3 is 10.1 Å². The van der Waals surface area contributed by atoms with Crippen LogP contribution in [0.5, 0.6) is 0 Å². The molecular weight excluding hydrogens is 174 g/mol. The van der Waals surface area contributed by atoms with Gasteiger partial charge in [-0.05, 0) is 20.8 Å². The molecule has 0 saturated carbocycles. The van der Waals surface area contributed by atoms with Gasteiger partial charge in [0.2, 0.25) is 5.91 Å². The average molecular weight is 188 g/mol. The number of hydrogen-bond acceptors (Lipinski definition) is 3. The van der Waals surface area contributed by atoms with Crippen molar-refractivity contribution in [3.05, 3.63) is 0 Å². The Labute approximate surface area is 77.1 Å². The third-order valence-corrected chi connectivity index (χ3v) is 0.981. The number of esters is 1. The summed E-state index contributed by atoms with van der Waals surface area (Å²) in [4.78, 5) is 21.4. The molecule has 0 aromatic heterocycles. The Kier molecular flexibility index (Phi) is 4.40. The first-order valence-electron chi connectivity index (χ1n) is 3.92. The number of carbonyl (C=O) groups excluding carboxylic acids is 2. The average Bonchev–Trinajstić information content (AvgIpc) is 1.97. The molecule has 1 N–H and O–H groups in total. The van der Waals surface area contributed by atoms with Gasteiger partial charge in [-0.3, -0.25) is 9.59 Å². The van der Waals surface area contributed by atoms with E-state index in [0.717, 1.165) is 0 Å². The second-order valence-electron chi connectivity index (χ2n) is 3.51. The monoisotopic (exact) mass is 188 g/mol. The van der Waals surface area contributed by atoms with Gasteiger partial charge in [0, 0.05) is 0 Å². The quantitative estimate of drug-likeness (QED) is 0.627. The van der Waals surface area contributed by atoms with Crippen LogP contribution < -0.4 is 5.32 Å². The second-order valence-corrected chi connectivity index (χ2v) is 3.51. The number of nitrogens with one attached hydrogen (secondary N) is 1. The van der Waals surface area contributed by atoms with E-state index >= 15 is 0 Å². The molecule has 0 aromatic rings. The Hall–Kier alpha value is -1.10. The van der Waals surface area contributed by atoms with Gasteiger partial charge >= 0.3 is 5.97 Å². The largest absolute Gasteiger partial charge is 0.459 e. The molecule has 0 spiro atoms. The lowest BCUT2D eigenvalue weighted by molar-refractivity contribution is -0.154. The smallest absolute Gasteiger partial charge is 0.325 e. The summed E-state index contributed by atoms with van der Waals surface area (Å²) in [6.07, 6.45) is 0. The first kappa shape index (κ1) is 11.9. The summed E-state index contributed by atoms with van der Waals surface area (Å²) in [5.41, 5.74) is -0.570. The first-order valence-corrected chi connectivity index (χ1v) is 3.92. The van der Waals surface area contributed by atoms with Crippen molar-refractivity contribution in [3.8, 4) is 0 Å². The molecule has 0 bridgehead atoms. The fourth-order valence-electron chi connectivity index (χ4n) is 0.599. The molecule has 0 fully saturated rings. The summed E-state index contributed by atoms with van der Waals surface area (Å²) >= 11 is 0. The topological polar surface area (TPSA) is 75.3 Å². The zero-order chi connectivity index (χ0) is 10.5. The van der Waals surface area contributed by atoms with Crippen molar-refractivity contribution in [2.24, 2.45) is 0 Å². The Morgan fingerprint density at radius 1 is 1.31 bits per heavy atom. The van der Waals surface area contributed by atoms with E-state index in [9.17, 15) is 14.7 Å². The molecule has 0 heterocycles. The third kappa shape index (κ3) is 7.27. The molecule has 0 unspecified atom stereocenters. The van der Waals surface area contributed by atoms with E-state index in [1.54, 1.807) is 20.8 Å². The highest BCUT2D eigenvalue weighted by molar-refractivity contribution is 5.82. The fourth-order valence-corrected chi connectivity index (χ4v) is 0.599. The van der Waals surface area contributed by atoms with E-state index in [-0.39, 0.29) is 6.54 Å². The van der Waals surface area contributed by atoms with Gasteiger partial charge in [0.25, 0.3) is 0 Å². The van der Waals surface area contributed by atoms with Crippen LogP contribution in [0.15, 0.2) is 0 Å². The van der Waals surface area contributed by atoms with Crippen LogP contribution in [-0.2, 0) is 19.4 Å². The van der Waals surface area contributed by atoms with Crippen LogP contribution in [-0.4, -0.2) is 30.6 Å². The first-order chi connectivity index (χ1) is 5.85. The lowest BCUT2D eigenvalue weighted by atomic mass is 10.2. The zero-order valence-corrected chi connectivity index (χ0v) is 8.05. The van der Waals surface area contributed by atoms with Crippen molar-refractivity contribution < 1.29 is 19.4 Å². The minimum atomic E-state index is -0.872. The highest BCUT2D eigenvalue weighted by Gasteiger charge is 2.16. The van der Waals surface area contributed by atoms with E-state index in [2.05, 4.69) is 5.32 Å². The van der Waals surface area contributed by atoms with Crippen molar-refractivity contribution in [3.63, 3.8) is 0 Å². The Bertz CT molecular complexity index is 195. The van der Waals surface area contributed by atoms with Crippen LogP contribution in [0.1, 0.15) is 20.8 Å². The Morgan fingerprint density at radius 3 is 2.23 bits per heavy atom. The molecule has 13 heavy (non-hydrogen) atoms. The van der Waals surface area contributed by atoms with Gasteiger partial charge in [0.05, 0.1) is 0 Å². The minimum absolute atomic E-state index is 0.252. The molecule has 1 radical (unpaired) electrons. The van der Waals surface area contributed by atoms with Crippen LogP contribution in [0, 0.1) is 0 Å². The van der Waals surface area contributed by atoms with Crippen molar-refractivity contribution in [2.45, 2.75) is 26.4 Å². The van der Waals surface area contributed by atoms with E-state index in [0.29, 0.717) is 0 Å². The summed E-state index contributed by atoms with van der Waals surface area (Å²) in [6, 6.07) is 0. The van der Waals surface area contributed by atoms with Crippen molar-refractivity contribution >= 4 is 11.9 Å². The zero-order valence-electron chi connectivity index (χ0n) is 8.05. The maximum Gasteiger partial charge on any atom is 0.325 e. The lowest BCUT2D eigenvalue weighted by Gasteiger charge is -2.19. The lowest BCUT2D eigenvalue weighted by Crippen LogP contribution is -2.35. The number of ether oxygens (including phenoxy) is 1. The Balaban J connectivity index is 3.71. The Morgan fingerprint density at radius 2 is 1.85 bits per heavy atom. The van der Waals surface area contributed by atoms with E-state index in [1.165, 1.54) is 0 Å². The summed E-state index contributed by atoms with van der Waals surface area (Å²) in [5, 5.41) is 12.1. The molecule has 1 amide bonds. The normalized spacial score (nSPS) is 10.8. The van der Waals surface area contributed by atoms with Gasteiger partial charge in [-0.15, -0.1) is 0 Å². The second kappa shape index (κ2) is 4.81. The van der Waals surface area contributed by atoms with Crippen LogP contribution in [0.3, 0.4) is 0 Å². The molecule has 0 aliphatic rings. The van der Waals surface area contributed by atoms with Gasteiger partial charge in [0.1, 0.15) is 12.1 Å². The molecule has 0 aliphatic heterocycles. The van der Waals surface area contributed by atoms with Gasteiger partial charge in [-0.2, -0.15) is 0 Å². The molecule has 0 aromatic carbocycles. The van der Waals surface area contributed by atoms with Gasteiger partial charge in [-0.25, -0.2) is 5.11 Å². The van der Waals surface area contributed by atoms with E-state index in [1.807, 2.05) is 0 Å². The SMILES string of the molecule is CC(C)(C)OC(=O)CNC(=O)C[O]. The minimum Gasteiger partial charge on any atom is -0.459 e.